The highest BCUT2D eigenvalue weighted by atomic mass is 16.5. The lowest BCUT2D eigenvalue weighted by molar-refractivity contribution is -0.133. The third-order valence-corrected chi connectivity index (χ3v) is 4.56. The Morgan fingerprint density at radius 2 is 2.00 bits per heavy atom. The van der Waals surface area contributed by atoms with E-state index in [9.17, 15) is 4.79 Å². The summed E-state index contributed by atoms with van der Waals surface area (Å²) in [7, 11) is 0. The average Bonchev–Trinajstić information content (AvgIpc) is 2.61. The van der Waals surface area contributed by atoms with Crippen molar-refractivity contribution in [2.24, 2.45) is 0 Å². The van der Waals surface area contributed by atoms with E-state index in [2.05, 4.69) is 37.4 Å². The smallest absolute Gasteiger partial charge is 0.227 e. The Labute approximate surface area is 149 Å². The second kappa shape index (κ2) is 8.17. The zero-order valence-corrected chi connectivity index (χ0v) is 15.0. The van der Waals surface area contributed by atoms with E-state index in [0.717, 1.165) is 36.5 Å². The maximum Gasteiger partial charge on any atom is 0.227 e. The number of hydrogen-bond acceptors (Lipinski definition) is 3. The number of nitrogens with one attached hydrogen (secondary N) is 1. The summed E-state index contributed by atoms with van der Waals surface area (Å²) in [6, 6.07) is 16.4. The van der Waals surface area contributed by atoms with Gasteiger partial charge in [-0.1, -0.05) is 42.0 Å². The highest BCUT2D eigenvalue weighted by Crippen LogP contribution is 2.17. The van der Waals surface area contributed by atoms with Gasteiger partial charge >= 0.3 is 0 Å². The molecule has 1 saturated heterocycles. The van der Waals surface area contributed by atoms with Gasteiger partial charge < -0.3 is 15.0 Å². The Kier molecular flexibility index (Phi) is 5.71. The van der Waals surface area contributed by atoms with Crippen LogP contribution in [-0.4, -0.2) is 36.5 Å². The summed E-state index contributed by atoms with van der Waals surface area (Å²) < 4.78 is 5.90. The molecule has 1 heterocycles. The van der Waals surface area contributed by atoms with Gasteiger partial charge in [0.25, 0.3) is 0 Å². The fourth-order valence-electron chi connectivity index (χ4n) is 3.20. The summed E-state index contributed by atoms with van der Waals surface area (Å²) in [6.07, 6.45) is 0.423. The molecule has 0 bridgehead atoms. The minimum Gasteiger partial charge on any atom is -0.489 e. The van der Waals surface area contributed by atoms with Crippen LogP contribution in [0.3, 0.4) is 0 Å². The van der Waals surface area contributed by atoms with Crippen LogP contribution in [0.4, 0.5) is 0 Å². The normalized spacial score (nSPS) is 17.4. The number of piperazine rings is 1. The van der Waals surface area contributed by atoms with Crippen molar-refractivity contribution in [3.8, 4) is 5.75 Å². The molecule has 0 saturated carbocycles. The van der Waals surface area contributed by atoms with Gasteiger partial charge in [-0.25, -0.2) is 0 Å². The van der Waals surface area contributed by atoms with E-state index in [4.69, 9.17) is 4.74 Å². The number of amides is 1. The monoisotopic (exact) mass is 338 g/mol. The van der Waals surface area contributed by atoms with Crippen molar-refractivity contribution >= 4 is 5.91 Å². The second-order valence-electron chi connectivity index (χ2n) is 6.74. The van der Waals surface area contributed by atoms with Gasteiger partial charge in [0.05, 0.1) is 6.42 Å². The van der Waals surface area contributed by atoms with Gasteiger partial charge in [-0.2, -0.15) is 0 Å². The number of hydrogen-bond donors (Lipinski definition) is 1. The lowest BCUT2D eigenvalue weighted by Gasteiger charge is -2.34. The van der Waals surface area contributed by atoms with Crippen molar-refractivity contribution in [2.45, 2.75) is 32.9 Å². The lowest BCUT2D eigenvalue weighted by Crippen LogP contribution is -2.52. The highest BCUT2D eigenvalue weighted by Gasteiger charge is 2.22. The van der Waals surface area contributed by atoms with Crippen molar-refractivity contribution in [1.82, 2.24) is 10.2 Å². The van der Waals surface area contributed by atoms with Crippen LogP contribution in [0.2, 0.25) is 0 Å². The fraction of sp³-hybridized carbons (Fsp3) is 0.381. The maximum atomic E-state index is 12.6. The molecule has 2 aromatic rings. The molecule has 132 valence electrons. The Hall–Kier alpha value is -2.33. The number of nitrogens with zero attached hydrogens (tertiary/aromatic N) is 1. The van der Waals surface area contributed by atoms with Crippen LogP contribution in [-0.2, 0) is 17.8 Å². The van der Waals surface area contributed by atoms with Gasteiger partial charge in [0.2, 0.25) is 5.91 Å². The first-order chi connectivity index (χ1) is 12.1. The average molecular weight is 338 g/mol. The molecule has 1 aliphatic rings. The van der Waals surface area contributed by atoms with Crippen LogP contribution in [0, 0.1) is 6.92 Å². The van der Waals surface area contributed by atoms with E-state index in [1.165, 1.54) is 5.56 Å². The molecule has 0 unspecified atom stereocenters. The Balaban J connectivity index is 1.60. The van der Waals surface area contributed by atoms with Crippen LogP contribution < -0.4 is 10.1 Å². The first-order valence-electron chi connectivity index (χ1n) is 8.89. The molecule has 0 aromatic heterocycles. The van der Waals surface area contributed by atoms with Crippen LogP contribution in [0.5, 0.6) is 5.75 Å². The Morgan fingerprint density at radius 3 is 2.80 bits per heavy atom. The number of ether oxygens (including phenoxy) is 1. The third kappa shape index (κ3) is 4.83. The number of rotatable bonds is 5. The topological polar surface area (TPSA) is 41.6 Å². The van der Waals surface area contributed by atoms with E-state index in [-0.39, 0.29) is 11.9 Å². The fourth-order valence-corrected chi connectivity index (χ4v) is 3.20. The van der Waals surface area contributed by atoms with Crippen LogP contribution in [0.1, 0.15) is 23.6 Å². The summed E-state index contributed by atoms with van der Waals surface area (Å²) in [5.74, 6) is 0.991. The maximum absolute atomic E-state index is 12.6. The van der Waals surface area contributed by atoms with Crippen LogP contribution in [0.15, 0.2) is 48.5 Å². The zero-order valence-electron chi connectivity index (χ0n) is 15.0. The second-order valence-corrected chi connectivity index (χ2v) is 6.74. The minimum absolute atomic E-state index is 0.185. The van der Waals surface area contributed by atoms with Crippen molar-refractivity contribution in [3.63, 3.8) is 0 Å². The van der Waals surface area contributed by atoms with Crippen LogP contribution >= 0.6 is 0 Å². The number of benzene rings is 2. The first kappa shape index (κ1) is 17.5. The lowest BCUT2D eigenvalue weighted by atomic mass is 10.1. The molecule has 3 rings (SSSR count). The van der Waals surface area contributed by atoms with E-state index >= 15 is 0 Å². The molecule has 1 aliphatic heterocycles. The molecule has 4 heteroatoms. The van der Waals surface area contributed by atoms with Gasteiger partial charge in [-0.3, -0.25) is 4.79 Å². The SMILES string of the molecule is Cc1cccc(COc2cccc(CC(=O)N3CCNC[C@@H]3C)c2)c1. The Morgan fingerprint density at radius 1 is 1.20 bits per heavy atom. The van der Waals surface area contributed by atoms with Gasteiger partial charge in [-0.15, -0.1) is 0 Å². The summed E-state index contributed by atoms with van der Waals surface area (Å²) in [6.45, 7) is 7.22. The van der Waals surface area contributed by atoms with E-state index in [1.54, 1.807) is 0 Å². The molecule has 2 aromatic carbocycles. The quantitative estimate of drug-likeness (QED) is 0.911. The first-order valence-corrected chi connectivity index (χ1v) is 8.89. The largest absolute Gasteiger partial charge is 0.489 e. The molecular weight excluding hydrogens is 312 g/mol. The van der Waals surface area contributed by atoms with Crippen LogP contribution in [0.25, 0.3) is 0 Å². The van der Waals surface area contributed by atoms with Crippen molar-refractivity contribution in [1.29, 1.82) is 0 Å². The van der Waals surface area contributed by atoms with Gasteiger partial charge in [-0.05, 0) is 37.1 Å². The Bertz CT molecular complexity index is 729. The van der Waals surface area contributed by atoms with E-state index in [0.29, 0.717) is 13.0 Å². The predicted molar refractivity (Wildman–Crippen MR) is 99.7 cm³/mol. The molecule has 1 atom stereocenters. The summed E-state index contributed by atoms with van der Waals surface area (Å²) >= 11 is 0. The molecule has 4 nitrogen and oxygen atoms in total. The summed E-state index contributed by atoms with van der Waals surface area (Å²) in [5.41, 5.74) is 3.37. The standard InChI is InChI=1S/C21H26N2O2/c1-16-5-3-7-19(11-16)15-25-20-8-4-6-18(12-20)13-21(24)23-10-9-22-14-17(23)2/h3-8,11-12,17,22H,9-10,13-15H2,1-2H3/t17-/m0/s1. The molecule has 1 amide bonds. The molecule has 1 fully saturated rings. The highest BCUT2D eigenvalue weighted by molar-refractivity contribution is 5.79. The number of aryl methyl sites for hydroxylation is 1. The minimum atomic E-state index is 0.185. The van der Waals surface area contributed by atoms with Crippen molar-refractivity contribution in [2.75, 3.05) is 19.6 Å². The molecule has 0 radical (unpaired) electrons. The number of carbonyl (C=O) groups excluding carboxylic acids is 1. The molecular formula is C21H26N2O2. The molecule has 0 aliphatic carbocycles. The van der Waals surface area contributed by atoms with E-state index < -0.39 is 0 Å². The number of carbonyl (C=O) groups is 1. The molecule has 25 heavy (non-hydrogen) atoms. The predicted octanol–water partition coefficient (Wildman–Crippen LogP) is 2.94. The van der Waals surface area contributed by atoms with Crippen molar-refractivity contribution in [3.05, 3.63) is 65.2 Å². The van der Waals surface area contributed by atoms with Gasteiger partial charge in [0, 0.05) is 25.7 Å². The van der Waals surface area contributed by atoms with Crippen molar-refractivity contribution < 1.29 is 9.53 Å². The van der Waals surface area contributed by atoms with Gasteiger partial charge in [0.15, 0.2) is 0 Å². The third-order valence-electron chi connectivity index (χ3n) is 4.56. The summed E-state index contributed by atoms with van der Waals surface area (Å²) in [5, 5.41) is 3.31. The van der Waals surface area contributed by atoms with Gasteiger partial charge in [0.1, 0.15) is 12.4 Å². The summed E-state index contributed by atoms with van der Waals surface area (Å²) in [4.78, 5) is 14.5. The van der Waals surface area contributed by atoms with E-state index in [1.807, 2.05) is 35.2 Å². The molecule has 1 N–H and O–H groups in total. The molecule has 0 spiro atoms. The zero-order chi connectivity index (χ0) is 17.6.